The predicted octanol–water partition coefficient (Wildman–Crippen LogP) is 1.61. The van der Waals surface area contributed by atoms with Crippen LogP contribution in [0.2, 0.25) is 0 Å². The molecule has 90 valence electrons. The summed E-state index contributed by atoms with van der Waals surface area (Å²) in [5.41, 5.74) is 7.09. The molecule has 0 heterocycles. The van der Waals surface area contributed by atoms with E-state index in [-0.39, 0.29) is 11.9 Å². The van der Waals surface area contributed by atoms with Gasteiger partial charge in [-0.05, 0) is 12.0 Å². The fourth-order valence-electron chi connectivity index (χ4n) is 1.51. The molecular weight excluding hydrogens is 212 g/mol. The summed E-state index contributed by atoms with van der Waals surface area (Å²) in [5.74, 6) is 2.43. The van der Waals surface area contributed by atoms with Crippen LogP contribution < -0.4 is 11.1 Å². The Morgan fingerprint density at radius 2 is 2.12 bits per heavy atom. The molecule has 0 fully saturated rings. The third kappa shape index (κ3) is 5.19. The summed E-state index contributed by atoms with van der Waals surface area (Å²) in [6, 6.07) is 9.82. The molecule has 0 aliphatic heterocycles. The average Bonchev–Trinajstić information content (AvgIpc) is 2.37. The number of nitrogens with one attached hydrogen (secondary N) is 1. The van der Waals surface area contributed by atoms with Crippen LogP contribution >= 0.6 is 0 Å². The van der Waals surface area contributed by atoms with Crippen LogP contribution in [0.3, 0.4) is 0 Å². The van der Waals surface area contributed by atoms with Crippen LogP contribution in [0.5, 0.6) is 0 Å². The van der Waals surface area contributed by atoms with Gasteiger partial charge in [-0.15, -0.1) is 12.3 Å². The van der Waals surface area contributed by atoms with Gasteiger partial charge < -0.3 is 11.1 Å². The van der Waals surface area contributed by atoms with Gasteiger partial charge >= 0.3 is 0 Å². The van der Waals surface area contributed by atoms with E-state index in [1.54, 1.807) is 0 Å². The molecule has 1 atom stereocenters. The molecule has 1 unspecified atom stereocenters. The van der Waals surface area contributed by atoms with Gasteiger partial charge in [-0.25, -0.2) is 0 Å². The second kappa shape index (κ2) is 7.48. The van der Waals surface area contributed by atoms with Crippen LogP contribution in [0.1, 0.15) is 30.9 Å². The molecule has 0 aromatic heterocycles. The molecule has 0 saturated carbocycles. The monoisotopic (exact) mass is 230 g/mol. The molecule has 1 aromatic rings. The SMILES string of the molecule is C#CCCC(=O)NCCC(N)c1ccccc1. The maximum atomic E-state index is 11.3. The summed E-state index contributed by atoms with van der Waals surface area (Å²) in [5, 5.41) is 2.80. The lowest BCUT2D eigenvalue weighted by atomic mass is 10.1. The van der Waals surface area contributed by atoms with Gasteiger partial charge in [0.15, 0.2) is 0 Å². The van der Waals surface area contributed by atoms with E-state index in [1.165, 1.54) is 0 Å². The first-order valence-electron chi connectivity index (χ1n) is 5.74. The lowest BCUT2D eigenvalue weighted by Gasteiger charge is -2.12. The number of amides is 1. The van der Waals surface area contributed by atoms with Crippen molar-refractivity contribution < 1.29 is 4.79 Å². The highest BCUT2D eigenvalue weighted by molar-refractivity contribution is 5.76. The van der Waals surface area contributed by atoms with Crippen LogP contribution in [0.4, 0.5) is 0 Å². The van der Waals surface area contributed by atoms with Gasteiger partial charge in [0.05, 0.1) is 0 Å². The third-order valence-corrected chi connectivity index (χ3v) is 2.50. The van der Waals surface area contributed by atoms with Gasteiger partial charge in [-0.3, -0.25) is 4.79 Å². The first-order chi connectivity index (χ1) is 8.24. The zero-order chi connectivity index (χ0) is 12.5. The summed E-state index contributed by atoms with van der Waals surface area (Å²) in [7, 11) is 0. The lowest BCUT2D eigenvalue weighted by Crippen LogP contribution is -2.26. The first-order valence-corrected chi connectivity index (χ1v) is 5.74. The average molecular weight is 230 g/mol. The van der Waals surface area contributed by atoms with E-state index in [9.17, 15) is 4.79 Å². The number of benzene rings is 1. The van der Waals surface area contributed by atoms with Crippen molar-refractivity contribution in [3.8, 4) is 12.3 Å². The molecule has 0 radical (unpaired) electrons. The van der Waals surface area contributed by atoms with E-state index in [4.69, 9.17) is 12.2 Å². The normalized spacial score (nSPS) is 11.5. The molecule has 3 nitrogen and oxygen atoms in total. The first kappa shape index (κ1) is 13.3. The van der Waals surface area contributed by atoms with Gasteiger partial charge in [0.2, 0.25) is 5.91 Å². The number of terminal acetylenes is 1. The molecule has 0 aliphatic carbocycles. The maximum Gasteiger partial charge on any atom is 0.220 e. The van der Waals surface area contributed by atoms with Gasteiger partial charge in [0, 0.05) is 25.4 Å². The van der Waals surface area contributed by atoms with E-state index in [2.05, 4.69) is 11.2 Å². The number of rotatable bonds is 6. The molecule has 0 saturated heterocycles. The van der Waals surface area contributed by atoms with Crippen LogP contribution in [0.25, 0.3) is 0 Å². The van der Waals surface area contributed by atoms with Gasteiger partial charge in [-0.1, -0.05) is 30.3 Å². The number of carbonyl (C=O) groups excluding carboxylic acids is 1. The number of nitrogens with two attached hydrogens (primary N) is 1. The zero-order valence-corrected chi connectivity index (χ0v) is 9.86. The van der Waals surface area contributed by atoms with Crippen LogP contribution in [-0.2, 0) is 4.79 Å². The Bertz CT molecular complexity index is 381. The fourth-order valence-corrected chi connectivity index (χ4v) is 1.51. The molecule has 3 N–H and O–H groups in total. The second-order valence-corrected chi connectivity index (χ2v) is 3.86. The minimum Gasteiger partial charge on any atom is -0.356 e. The Balaban J connectivity index is 2.23. The van der Waals surface area contributed by atoms with Crippen LogP contribution in [0.15, 0.2) is 30.3 Å². The highest BCUT2D eigenvalue weighted by Gasteiger charge is 2.05. The summed E-state index contributed by atoms with van der Waals surface area (Å²) in [6.07, 6.45) is 6.68. The molecule has 1 amide bonds. The van der Waals surface area contributed by atoms with Crippen molar-refractivity contribution in [1.29, 1.82) is 0 Å². The van der Waals surface area contributed by atoms with Crippen LogP contribution in [-0.4, -0.2) is 12.5 Å². The lowest BCUT2D eigenvalue weighted by molar-refractivity contribution is -0.120. The third-order valence-electron chi connectivity index (χ3n) is 2.50. The van der Waals surface area contributed by atoms with E-state index < -0.39 is 0 Å². The van der Waals surface area contributed by atoms with E-state index in [0.717, 1.165) is 12.0 Å². The van der Waals surface area contributed by atoms with Crippen molar-refractivity contribution in [3.05, 3.63) is 35.9 Å². The van der Waals surface area contributed by atoms with Crippen LogP contribution in [0, 0.1) is 12.3 Å². The molecular formula is C14H18N2O. The molecule has 0 aliphatic rings. The molecule has 0 spiro atoms. The second-order valence-electron chi connectivity index (χ2n) is 3.86. The van der Waals surface area contributed by atoms with Gasteiger partial charge in [-0.2, -0.15) is 0 Å². The summed E-state index contributed by atoms with van der Waals surface area (Å²) in [4.78, 5) is 11.3. The molecule has 0 bridgehead atoms. The fraction of sp³-hybridized carbons (Fsp3) is 0.357. The largest absolute Gasteiger partial charge is 0.356 e. The zero-order valence-electron chi connectivity index (χ0n) is 9.86. The van der Waals surface area contributed by atoms with Gasteiger partial charge in [0.1, 0.15) is 0 Å². The summed E-state index contributed by atoms with van der Waals surface area (Å²) < 4.78 is 0. The van der Waals surface area contributed by atoms with Crippen molar-refractivity contribution in [1.82, 2.24) is 5.32 Å². The minimum absolute atomic E-state index is 0.0109. The Morgan fingerprint density at radius 3 is 2.76 bits per heavy atom. The molecule has 1 aromatic carbocycles. The van der Waals surface area contributed by atoms with Crippen molar-refractivity contribution >= 4 is 5.91 Å². The molecule has 3 heteroatoms. The molecule has 17 heavy (non-hydrogen) atoms. The Hall–Kier alpha value is -1.79. The smallest absolute Gasteiger partial charge is 0.220 e. The Kier molecular flexibility index (Phi) is 5.84. The number of carbonyl (C=O) groups is 1. The van der Waals surface area contributed by atoms with Crippen molar-refractivity contribution in [2.45, 2.75) is 25.3 Å². The minimum atomic E-state index is -0.0378. The van der Waals surface area contributed by atoms with Crippen molar-refractivity contribution in [2.24, 2.45) is 5.73 Å². The summed E-state index contributed by atoms with van der Waals surface area (Å²) >= 11 is 0. The Morgan fingerprint density at radius 1 is 1.41 bits per heavy atom. The molecule has 1 rings (SSSR count). The van der Waals surface area contributed by atoms with E-state index in [0.29, 0.717) is 19.4 Å². The highest BCUT2D eigenvalue weighted by atomic mass is 16.1. The van der Waals surface area contributed by atoms with E-state index in [1.807, 2.05) is 30.3 Å². The standard InChI is InChI=1S/C14H18N2O/c1-2-3-9-14(17)16-11-10-13(15)12-7-5-4-6-8-12/h1,4-8,13H,3,9-11,15H2,(H,16,17). The Labute approximate surface area is 102 Å². The highest BCUT2D eigenvalue weighted by Crippen LogP contribution is 2.12. The number of hydrogen-bond acceptors (Lipinski definition) is 2. The van der Waals surface area contributed by atoms with Crippen molar-refractivity contribution in [3.63, 3.8) is 0 Å². The predicted molar refractivity (Wildman–Crippen MR) is 69.1 cm³/mol. The topological polar surface area (TPSA) is 55.1 Å². The maximum absolute atomic E-state index is 11.3. The van der Waals surface area contributed by atoms with Crippen molar-refractivity contribution in [2.75, 3.05) is 6.54 Å². The number of hydrogen-bond donors (Lipinski definition) is 2. The quantitative estimate of drug-likeness (QED) is 0.729. The van der Waals surface area contributed by atoms with E-state index >= 15 is 0 Å². The van der Waals surface area contributed by atoms with Gasteiger partial charge in [0.25, 0.3) is 0 Å². The summed E-state index contributed by atoms with van der Waals surface area (Å²) in [6.45, 7) is 0.583.